The van der Waals surface area contributed by atoms with Crippen molar-refractivity contribution < 1.29 is 9.18 Å². The molecule has 2 nitrogen and oxygen atoms in total. The predicted molar refractivity (Wildman–Crippen MR) is 52.9 cm³/mol. The van der Waals surface area contributed by atoms with Crippen LogP contribution in [-0.4, -0.2) is 11.3 Å². The fourth-order valence-corrected chi connectivity index (χ4v) is 1.91. The normalized spacial score (nSPS) is 10.1. The Morgan fingerprint density at radius 2 is 2.14 bits per heavy atom. The average molecular weight is 207 g/mol. The maximum absolute atomic E-state index is 12.5. The van der Waals surface area contributed by atoms with E-state index in [4.69, 9.17) is 0 Å². The first kappa shape index (κ1) is 9.02. The molecular weight excluding hydrogens is 201 g/mol. The lowest BCUT2D eigenvalue weighted by Crippen LogP contribution is -1.80. The van der Waals surface area contributed by atoms with Gasteiger partial charge in [-0.25, -0.2) is 4.98 Å². The molecule has 2 aromatic heterocycles. The van der Waals surface area contributed by atoms with Gasteiger partial charge in [-0.2, -0.15) is 4.39 Å². The van der Waals surface area contributed by atoms with Crippen molar-refractivity contribution in [3.8, 4) is 10.4 Å². The maximum atomic E-state index is 12.5. The van der Waals surface area contributed by atoms with E-state index in [1.807, 2.05) is 6.07 Å². The molecule has 0 radical (unpaired) electrons. The van der Waals surface area contributed by atoms with Gasteiger partial charge >= 0.3 is 0 Å². The van der Waals surface area contributed by atoms with Crippen molar-refractivity contribution in [3.05, 3.63) is 41.3 Å². The molecule has 0 saturated carbocycles. The second-order valence-electron chi connectivity index (χ2n) is 2.69. The highest BCUT2D eigenvalue weighted by molar-refractivity contribution is 7.17. The summed E-state index contributed by atoms with van der Waals surface area (Å²) >= 11 is 1.36. The highest BCUT2D eigenvalue weighted by Gasteiger charge is 2.02. The highest BCUT2D eigenvalue weighted by atomic mass is 32.1. The van der Waals surface area contributed by atoms with Crippen LogP contribution in [0.1, 0.15) is 9.67 Å². The summed E-state index contributed by atoms with van der Waals surface area (Å²) in [7, 11) is 0. The van der Waals surface area contributed by atoms with E-state index in [9.17, 15) is 9.18 Å². The number of nitrogens with zero attached hydrogens (tertiary/aromatic N) is 1. The third-order valence-electron chi connectivity index (χ3n) is 1.75. The van der Waals surface area contributed by atoms with Crippen LogP contribution in [0.25, 0.3) is 10.4 Å². The van der Waals surface area contributed by atoms with Gasteiger partial charge in [-0.3, -0.25) is 4.79 Å². The molecule has 0 spiro atoms. The number of halogens is 1. The van der Waals surface area contributed by atoms with Crippen LogP contribution in [0.5, 0.6) is 0 Å². The van der Waals surface area contributed by atoms with Crippen LogP contribution < -0.4 is 0 Å². The summed E-state index contributed by atoms with van der Waals surface area (Å²) < 4.78 is 12.5. The van der Waals surface area contributed by atoms with Gasteiger partial charge in [0.2, 0.25) is 5.95 Å². The van der Waals surface area contributed by atoms with Gasteiger partial charge in [0, 0.05) is 16.6 Å². The fourth-order valence-electron chi connectivity index (χ4n) is 1.09. The minimum atomic E-state index is -0.499. The number of rotatable bonds is 2. The van der Waals surface area contributed by atoms with Crippen LogP contribution in [0.4, 0.5) is 4.39 Å². The molecule has 0 aliphatic carbocycles. The van der Waals surface area contributed by atoms with E-state index in [0.29, 0.717) is 4.88 Å². The average Bonchev–Trinajstić information content (AvgIpc) is 2.67. The van der Waals surface area contributed by atoms with Gasteiger partial charge in [0.05, 0.1) is 4.88 Å². The zero-order chi connectivity index (χ0) is 9.97. The second kappa shape index (κ2) is 3.67. The molecule has 0 bridgehead atoms. The van der Waals surface area contributed by atoms with Gasteiger partial charge in [0.25, 0.3) is 0 Å². The van der Waals surface area contributed by atoms with Gasteiger partial charge in [-0.15, -0.1) is 11.3 Å². The molecule has 0 saturated heterocycles. The Hall–Kier alpha value is -1.55. The minimum absolute atomic E-state index is 0.499. The van der Waals surface area contributed by atoms with E-state index < -0.39 is 5.95 Å². The fraction of sp³-hybridized carbons (Fsp3) is 0. The van der Waals surface area contributed by atoms with Crippen molar-refractivity contribution in [2.75, 3.05) is 0 Å². The van der Waals surface area contributed by atoms with E-state index in [0.717, 1.165) is 16.7 Å². The third-order valence-corrected chi connectivity index (χ3v) is 2.81. The number of hydrogen-bond acceptors (Lipinski definition) is 3. The SMILES string of the molecule is O=Cc1ccc(-c2ccc(F)nc2)s1. The van der Waals surface area contributed by atoms with Crippen molar-refractivity contribution in [1.29, 1.82) is 0 Å². The largest absolute Gasteiger partial charge is 0.297 e. The van der Waals surface area contributed by atoms with Crippen LogP contribution >= 0.6 is 11.3 Å². The molecule has 0 amide bonds. The van der Waals surface area contributed by atoms with Crippen LogP contribution in [0.2, 0.25) is 0 Å². The van der Waals surface area contributed by atoms with Crippen molar-refractivity contribution in [2.45, 2.75) is 0 Å². The van der Waals surface area contributed by atoms with Crippen molar-refractivity contribution in [2.24, 2.45) is 0 Å². The first-order chi connectivity index (χ1) is 6.79. The molecule has 2 aromatic rings. The summed E-state index contributed by atoms with van der Waals surface area (Å²) in [6.07, 6.45) is 2.25. The van der Waals surface area contributed by atoms with E-state index >= 15 is 0 Å². The lowest BCUT2D eigenvalue weighted by atomic mass is 10.2. The van der Waals surface area contributed by atoms with Crippen molar-refractivity contribution in [1.82, 2.24) is 4.98 Å². The Balaban J connectivity index is 2.39. The first-order valence-corrected chi connectivity index (χ1v) is 4.78. The van der Waals surface area contributed by atoms with E-state index in [-0.39, 0.29) is 0 Å². The van der Waals surface area contributed by atoms with Crippen molar-refractivity contribution >= 4 is 17.6 Å². The topological polar surface area (TPSA) is 30.0 Å². The summed E-state index contributed by atoms with van der Waals surface area (Å²) in [5.41, 5.74) is 0.824. The van der Waals surface area contributed by atoms with Crippen LogP contribution in [0, 0.1) is 5.95 Å². The smallest absolute Gasteiger partial charge is 0.212 e. The van der Waals surface area contributed by atoms with Gasteiger partial charge < -0.3 is 0 Å². The molecule has 0 unspecified atom stereocenters. The Morgan fingerprint density at radius 3 is 2.71 bits per heavy atom. The van der Waals surface area contributed by atoms with Gasteiger partial charge in [0.1, 0.15) is 0 Å². The Kier molecular flexibility index (Phi) is 2.37. The zero-order valence-corrected chi connectivity index (χ0v) is 7.92. The Morgan fingerprint density at radius 1 is 1.29 bits per heavy atom. The number of hydrogen-bond donors (Lipinski definition) is 0. The van der Waals surface area contributed by atoms with Crippen LogP contribution in [0.3, 0.4) is 0 Å². The van der Waals surface area contributed by atoms with Crippen LogP contribution in [-0.2, 0) is 0 Å². The number of thiophene rings is 1. The van der Waals surface area contributed by atoms with Crippen LogP contribution in [0.15, 0.2) is 30.5 Å². The van der Waals surface area contributed by atoms with E-state index in [2.05, 4.69) is 4.98 Å². The summed E-state index contributed by atoms with van der Waals surface area (Å²) in [4.78, 5) is 15.6. The predicted octanol–water partition coefficient (Wildman–Crippen LogP) is 2.76. The summed E-state index contributed by atoms with van der Waals surface area (Å²) in [6, 6.07) is 6.50. The molecule has 0 aliphatic heterocycles. The molecule has 2 heterocycles. The summed E-state index contributed by atoms with van der Waals surface area (Å²) in [6.45, 7) is 0. The van der Waals surface area contributed by atoms with E-state index in [1.54, 1.807) is 12.1 Å². The Labute approximate surface area is 84.0 Å². The molecule has 4 heteroatoms. The molecule has 14 heavy (non-hydrogen) atoms. The molecule has 0 fully saturated rings. The second-order valence-corrected chi connectivity index (χ2v) is 3.80. The minimum Gasteiger partial charge on any atom is -0.297 e. The number of carbonyl (C=O) groups is 1. The monoisotopic (exact) mass is 207 g/mol. The number of aldehydes is 1. The number of pyridine rings is 1. The highest BCUT2D eigenvalue weighted by Crippen LogP contribution is 2.26. The molecule has 70 valence electrons. The molecule has 2 rings (SSSR count). The quantitative estimate of drug-likeness (QED) is 0.560. The third kappa shape index (κ3) is 1.70. The number of carbonyl (C=O) groups excluding carboxylic acids is 1. The standard InChI is InChI=1S/C10H6FNOS/c11-10-4-1-7(5-12-10)9-3-2-8(6-13)14-9/h1-6H. The lowest BCUT2D eigenvalue weighted by molar-refractivity contribution is 0.112. The molecule has 0 N–H and O–H groups in total. The molecular formula is C10H6FNOS. The Bertz CT molecular complexity index is 449. The molecule has 0 aromatic carbocycles. The first-order valence-electron chi connectivity index (χ1n) is 3.96. The molecule has 0 aliphatic rings. The summed E-state index contributed by atoms with van der Waals surface area (Å²) in [5.74, 6) is -0.499. The van der Waals surface area contributed by atoms with Crippen molar-refractivity contribution in [3.63, 3.8) is 0 Å². The lowest BCUT2D eigenvalue weighted by Gasteiger charge is -1.94. The van der Waals surface area contributed by atoms with Gasteiger partial charge in [-0.05, 0) is 24.3 Å². The number of aromatic nitrogens is 1. The van der Waals surface area contributed by atoms with Gasteiger partial charge in [0.15, 0.2) is 6.29 Å². The summed E-state index contributed by atoms with van der Waals surface area (Å²) in [5, 5.41) is 0. The van der Waals surface area contributed by atoms with E-state index in [1.165, 1.54) is 23.6 Å². The zero-order valence-electron chi connectivity index (χ0n) is 7.11. The maximum Gasteiger partial charge on any atom is 0.212 e. The van der Waals surface area contributed by atoms with Gasteiger partial charge in [-0.1, -0.05) is 0 Å². The molecule has 0 atom stereocenters.